The van der Waals surface area contributed by atoms with Crippen LogP contribution in [0.1, 0.15) is 13.8 Å². The minimum atomic E-state index is -3.63. The fourth-order valence-corrected chi connectivity index (χ4v) is 3.61. The molecule has 7 nitrogen and oxygen atoms in total. The maximum Gasteiger partial charge on any atom is 0.262 e. The molecular formula is C14H22BrN5O2S. The van der Waals surface area contributed by atoms with Crippen LogP contribution in [0.25, 0.3) is 0 Å². The highest BCUT2D eigenvalue weighted by Crippen LogP contribution is 2.22. The van der Waals surface area contributed by atoms with E-state index in [1.165, 1.54) is 24.5 Å². The molecule has 0 aromatic heterocycles. The minimum Gasteiger partial charge on any atom is -0.398 e. The number of hydrogen-bond acceptors (Lipinski definition) is 6. The zero-order valence-electron chi connectivity index (χ0n) is 13.2. The van der Waals surface area contributed by atoms with Crippen LogP contribution >= 0.6 is 15.9 Å². The van der Waals surface area contributed by atoms with Gasteiger partial charge in [-0.25, -0.2) is 13.4 Å². The SMILES string of the molecule is CC1(C)CNN(CCN=CNS(=O)(=O)c2ccc(N)c(Br)c2)C1. The van der Waals surface area contributed by atoms with Crippen molar-refractivity contribution in [3.63, 3.8) is 0 Å². The van der Waals surface area contributed by atoms with Gasteiger partial charge in [-0.05, 0) is 39.5 Å². The summed E-state index contributed by atoms with van der Waals surface area (Å²) in [5.41, 5.74) is 9.69. The fraction of sp³-hybridized carbons (Fsp3) is 0.500. The molecule has 0 aliphatic carbocycles. The van der Waals surface area contributed by atoms with E-state index in [9.17, 15) is 8.42 Å². The molecule has 1 aliphatic heterocycles. The van der Waals surface area contributed by atoms with E-state index in [4.69, 9.17) is 5.73 Å². The Morgan fingerprint density at radius 3 is 2.87 bits per heavy atom. The lowest BCUT2D eigenvalue weighted by atomic mass is 9.96. The molecule has 128 valence electrons. The van der Waals surface area contributed by atoms with E-state index < -0.39 is 10.0 Å². The summed E-state index contributed by atoms with van der Waals surface area (Å²) in [7, 11) is -3.63. The maximum absolute atomic E-state index is 12.1. The number of hydrogen-bond donors (Lipinski definition) is 3. The molecule has 1 saturated heterocycles. The van der Waals surface area contributed by atoms with Crippen molar-refractivity contribution in [1.82, 2.24) is 15.2 Å². The van der Waals surface area contributed by atoms with Gasteiger partial charge < -0.3 is 5.73 Å². The number of nitrogen functional groups attached to an aromatic ring is 1. The van der Waals surface area contributed by atoms with E-state index in [0.717, 1.165) is 19.6 Å². The number of rotatable bonds is 6. The number of aliphatic imine (C=N–C) groups is 1. The molecule has 4 N–H and O–H groups in total. The van der Waals surface area contributed by atoms with Crippen molar-refractivity contribution in [1.29, 1.82) is 0 Å². The second-order valence-electron chi connectivity index (χ2n) is 6.26. The van der Waals surface area contributed by atoms with Gasteiger partial charge in [0.15, 0.2) is 0 Å². The molecule has 2 rings (SSSR count). The molecule has 1 aliphatic rings. The zero-order valence-corrected chi connectivity index (χ0v) is 15.6. The summed E-state index contributed by atoms with van der Waals surface area (Å²) < 4.78 is 27.1. The van der Waals surface area contributed by atoms with Crippen LogP contribution in [0.2, 0.25) is 0 Å². The van der Waals surface area contributed by atoms with Gasteiger partial charge in [-0.1, -0.05) is 13.8 Å². The number of hydrazine groups is 1. The van der Waals surface area contributed by atoms with Crippen molar-refractivity contribution in [2.75, 3.05) is 31.9 Å². The summed E-state index contributed by atoms with van der Waals surface area (Å²) in [6.45, 7) is 7.53. The summed E-state index contributed by atoms with van der Waals surface area (Å²) in [6.07, 6.45) is 1.22. The molecule has 1 aromatic carbocycles. The Bertz CT molecular complexity index is 690. The lowest BCUT2D eigenvalue weighted by Crippen LogP contribution is -2.33. The van der Waals surface area contributed by atoms with Gasteiger partial charge in [0.05, 0.1) is 17.8 Å². The van der Waals surface area contributed by atoms with Crippen LogP contribution in [0, 0.1) is 5.41 Å². The van der Waals surface area contributed by atoms with Crippen LogP contribution in [-0.2, 0) is 10.0 Å². The number of benzene rings is 1. The smallest absolute Gasteiger partial charge is 0.262 e. The van der Waals surface area contributed by atoms with Crippen LogP contribution in [0.5, 0.6) is 0 Å². The van der Waals surface area contributed by atoms with E-state index in [1.807, 2.05) is 0 Å². The Hall–Kier alpha value is -1.16. The Morgan fingerprint density at radius 2 is 2.26 bits per heavy atom. The van der Waals surface area contributed by atoms with Gasteiger partial charge in [0, 0.05) is 29.8 Å². The number of nitrogens with two attached hydrogens (primary N) is 1. The van der Waals surface area contributed by atoms with Gasteiger partial charge in [-0.3, -0.25) is 15.1 Å². The van der Waals surface area contributed by atoms with E-state index in [1.54, 1.807) is 0 Å². The third-order valence-corrected chi connectivity index (χ3v) is 5.46. The Balaban J connectivity index is 1.83. The Kier molecular flexibility index (Phi) is 5.66. The van der Waals surface area contributed by atoms with E-state index >= 15 is 0 Å². The number of nitrogens with one attached hydrogen (secondary N) is 2. The molecule has 0 spiro atoms. The molecule has 0 unspecified atom stereocenters. The summed E-state index contributed by atoms with van der Waals surface area (Å²) in [4.78, 5) is 4.23. The van der Waals surface area contributed by atoms with Crippen LogP contribution in [-0.4, -0.2) is 45.9 Å². The molecular weight excluding hydrogens is 382 g/mol. The van der Waals surface area contributed by atoms with Gasteiger partial charge >= 0.3 is 0 Å². The van der Waals surface area contributed by atoms with E-state index in [0.29, 0.717) is 16.7 Å². The predicted molar refractivity (Wildman–Crippen MR) is 95.6 cm³/mol. The molecule has 9 heteroatoms. The maximum atomic E-state index is 12.1. The van der Waals surface area contributed by atoms with E-state index in [2.05, 4.69) is 49.9 Å². The summed E-state index contributed by atoms with van der Waals surface area (Å²) in [5.74, 6) is 0. The zero-order chi connectivity index (χ0) is 17.1. The lowest BCUT2D eigenvalue weighted by Gasteiger charge is -2.16. The summed E-state index contributed by atoms with van der Waals surface area (Å²) >= 11 is 3.22. The first kappa shape index (κ1) is 18.2. The van der Waals surface area contributed by atoms with Gasteiger partial charge in [-0.2, -0.15) is 0 Å². The lowest BCUT2D eigenvalue weighted by molar-refractivity contribution is 0.245. The number of nitrogens with zero attached hydrogens (tertiary/aromatic N) is 2. The monoisotopic (exact) mass is 403 g/mol. The van der Waals surface area contributed by atoms with Crippen molar-refractivity contribution in [2.45, 2.75) is 18.7 Å². The molecule has 0 amide bonds. The Morgan fingerprint density at radius 1 is 1.52 bits per heavy atom. The van der Waals surface area contributed by atoms with Crippen LogP contribution < -0.4 is 15.9 Å². The van der Waals surface area contributed by atoms with Crippen molar-refractivity contribution in [3.8, 4) is 0 Å². The fourth-order valence-electron chi connectivity index (χ4n) is 2.21. The van der Waals surface area contributed by atoms with Crippen LogP contribution in [0.3, 0.4) is 0 Å². The average molecular weight is 404 g/mol. The molecule has 23 heavy (non-hydrogen) atoms. The highest BCUT2D eigenvalue weighted by atomic mass is 79.9. The molecule has 1 fully saturated rings. The highest BCUT2D eigenvalue weighted by Gasteiger charge is 2.28. The number of halogens is 1. The van der Waals surface area contributed by atoms with E-state index in [-0.39, 0.29) is 10.3 Å². The van der Waals surface area contributed by atoms with Crippen LogP contribution in [0.15, 0.2) is 32.6 Å². The highest BCUT2D eigenvalue weighted by molar-refractivity contribution is 9.10. The third-order valence-electron chi connectivity index (χ3n) is 3.48. The van der Waals surface area contributed by atoms with Crippen molar-refractivity contribution >= 4 is 38.0 Å². The first-order valence-electron chi connectivity index (χ1n) is 7.24. The molecule has 1 heterocycles. The second kappa shape index (κ2) is 7.16. The topological polar surface area (TPSA) is 99.8 Å². The predicted octanol–water partition coefficient (Wildman–Crippen LogP) is 1.18. The van der Waals surface area contributed by atoms with Crippen molar-refractivity contribution in [3.05, 3.63) is 22.7 Å². The van der Waals surface area contributed by atoms with Gasteiger partial charge in [0.1, 0.15) is 0 Å². The normalized spacial score (nSPS) is 18.6. The third kappa shape index (κ3) is 5.17. The molecule has 0 saturated carbocycles. The average Bonchev–Trinajstić information content (AvgIpc) is 2.80. The summed E-state index contributed by atoms with van der Waals surface area (Å²) in [6, 6.07) is 4.45. The van der Waals surface area contributed by atoms with Gasteiger partial charge in [0.25, 0.3) is 10.0 Å². The van der Waals surface area contributed by atoms with Gasteiger partial charge in [-0.15, -0.1) is 0 Å². The van der Waals surface area contributed by atoms with Crippen molar-refractivity contribution in [2.24, 2.45) is 10.4 Å². The first-order valence-corrected chi connectivity index (χ1v) is 9.51. The molecule has 0 radical (unpaired) electrons. The molecule has 0 bridgehead atoms. The second-order valence-corrected chi connectivity index (χ2v) is 8.83. The quantitative estimate of drug-likeness (QED) is 0.376. The minimum absolute atomic E-state index is 0.132. The largest absolute Gasteiger partial charge is 0.398 e. The first-order chi connectivity index (χ1) is 10.7. The number of sulfonamides is 1. The standard InChI is InChI=1S/C14H22BrN5O2S/c1-14(2)8-18-20(9-14)6-5-17-10-19-23(21,22)11-3-4-13(16)12(15)7-11/h3-4,7,10,18H,5-6,8-9,16H2,1-2H3,(H,17,19). The molecule has 0 atom stereocenters. The van der Waals surface area contributed by atoms with Crippen LogP contribution in [0.4, 0.5) is 5.69 Å². The summed E-state index contributed by atoms with van der Waals surface area (Å²) in [5, 5.41) is 2.10. The van der Waals surface area contributed by atoms with Crippen molar-refractivity contribution < 1.29 is 8.42 Å². The Labute approximate surface area is 145 Å². The van der Waals surface area contributed by atoms with Gasteiger partial charge in [0.2, 0.25) is 0 Å². The number of anilines is 1. The molecule has 1 aromatic rings.